The Labute approximate surface area is 204 Å². The molecule has 8 nitrogen and oxygen atoms in total. The van der Waals surface area contributed by atoms with E-state index >= 15 is 0 Å². The van der Waals surface area contributed by atoms with Crippen molar-refractivity contribution in [2.45, 2.75) is 12.1 Å². The fraction of sp³-hybridized carbons (Fsp3) is 0.120. The second-order valence-corrected chi connectivity index (χ2v) is 8.19. The molecule has 0 unspecified atom stereocenters. The normalized spacial score (nSPS) is 10.7. The van der Waals surface area contributed by atoms with Gasteiger partial charge in [0.25, 0.3) is 11.5 Å². The third-order valence-corrected chi connectivity index (χ3v) is 5.84. The minimum absolute atomic E-state index is 0.134. The molecule has 1 aromatic heterocycles. The molecule has 0 bridgehead atoms. The summed E-state index contributed by atoms with van der Waals surface area (Å²) in [4.78, 5) is 42.6. The number of nitrogens with zero attached hydrogens (tertiary/aromatic N) is 2. The van der Waals surface area contributed by atoms with Gasteiger partial charge in [0.15, 0.2) is 5.16 Å². The van der Waals surface area contributed by atoms with E-state index in [1.807, 2.05) is 6.92 Å². The lowest BCUT2D eigenvalue weighted by Gasteiger charge is -2.16. The number of aromatic nitrogens is 2. The summed E-state index contributed by atoms with van der Waals surface area (Å²) in [5.74, 6) is -1.20. The van der Waals surface area contributed by atoms with E-state index in [1.165, 1.54) is 16.7 Å². The van der Waals surface area contributed by atoms with Gasteiger partial charge in [-0.25, -0.2) is 9.37 Å². The van der Waals surface area contributed by atoms with Gasteiger partial charge in [-0.3, -0.25) is 29.8 Å². The van der Waals surface area contributed by atoms with Crippen LogP contribution in [0.5, 0.6) is 5.75 Å². The lowest BCUT2D eigenvalue weighted by atomic mass is 10.2. The van der Waals surface area contributed by atoms with Gasteiger partial charge < -0.3 is 4.74 Å². The van der Waals surface area contributed by atoms with E-state index < -0.39 is 17.6 Å². The highest BCUT2D eigenvalue weighted by molar-refractivity contribution is 7.99. The van der Waals surface area contributed by atoms with Crippen molar-refractivity contribution in [1.82, 2.24) is 20.4 Å². The second-order valence-electron chi connectivity index (χ2n) is 7.25. The van der Waals surface area contributed by atoms with Crippen molar-refractivity contribution in [1.29, 1.82) is 0 Å². The van der Waals surface area contributed by atoms with Gasteiger partial charge in [0.05, 0.1) is 29.0 Å². The van der Waals surface area contributed by atoms with Gasteiger partial charge in [0.1, 0.15) is 11.6 Å². The molecular formula is C25H21FN4O4S. The molecule has 0 spiro atoms. The van der Waals surface area contributed by atoms with Crippen molar-refractivity contribution in [3.63, 3.8) is 0 Å². The number of hydrogen-bond donors (Lipinski definition) is 2. The Balaban J connectivity index is 1.57. The Bertz CT molecular complexity index is 1440. The summed E-state index contributed by atoms with van der Waals surface area (Å²) < 4.78 is 20.2. The number of ether oxygens (including phenoxy) is 1. The maximum Gasteiger partial charge on any atom is 0.269 e. The molecule has 0 radical (unpaired) electrons. The lowest BCUT2D eigenvalue weighted by Crippen LogP contribution is -2.42. The van der Waals surface area contributed by atoms with E-state index in [-0.39, 0.29) is 16.9 Å². The molecule has 0 saturated heterocycles. The minimum Gasteiger partial charge on any atom is -0.492 e. The molecule has 35 heavy (non-hydrogen) atoms. The van der Waals surface area contributed by atoms with Crippen LogP contribution in [0.25, 0.3) is 16.6 Å². The molecule has 0 fully saturated rings. The Hall–Kier alpha value is -4.18. The first-order chi connectivity index (χ1) is 17.0. The molecule has 2 amide bonds. The first-order valence-corrected chi connectivity index (χ1v) is 11.7. The summed E-state index contributed by atoms with van der Waals surface area (Å²) in [6.45, 7) is 2.25. The maximum absolute atomic E-state index is 13.4. The maximum atomic E-state index is 13.4. The summed E-state index contributed by atoms with van der Waals surface area (Å²) in [6, 6.07) is 19.0. The van der Waals surface area contributed by atoms with Gasteiger partial charge in [-0.15, -0.1) is 0 Å². The summed E-state index contributed by atoms with van der Waals surface area (Å²) in [5.41, 5.74) is 5.50. The van der Waals surface area contributed by atoms with E-state index in [0.29, 0.717) is 34.1 Å². The zero-order valence-electron chi connectivity index (χ0n) is 18.7. The standard InChI is InChI=1S/C25H21FN4O4S/c1-2-34-21-10-6-5-9-20(21)30-24(33)18-7-3-4-8-19(18)27-25(30)35-15-22(31)28-29-23(32)16-11-13-17(26)14-12-16/h3-14H,2,15H2,1H3,(H,28,31)(H,29,32). The van der Waals surface area contributed by atoms with Crippen LogP contribution in [0.3, 0.4) is 0 Å². The minimum atomic E-state index is -0.588. The number of para-hydroxylation sites is 3. The number of carbonyl (C=O) groups is 2. The van der Waals surface area contributed by atoms with Crippen LogP contribution in [0.2, 0.25) is 0 Å². The molecule has 4 rings (SSSR count). The van der Waals surface area contributed by atoms with Crippen LogP contribution in [0.4, 0.5) is 4.39 Å². The Morgan fingerprint density at radius 1 is 1.00 bits per heavy atom. The average Bonchev–Trinajstić information content (AvgIpc) is 2.87. The molecule has 2 N–H and O–H groups in total. The van der Waals surface area contributed by atoms with Crippen LogP contribution >= 0.6 is 11.8 Å². The number of amides is 2. The van der Waals surface area contributed by atoms with Crippen LogP contribution in [-0.2, 0) is 4.79 Å². The molecule has 3 aromatic carbocycles. The monoisotopic (exact) mass is 492 g/mol. The summed E-state index contributed by atoms with van der Waals surface area (Å²) >= 11 is 1.04. The quantitative estimate of drug-likeness (QED) is 0.233. The first-order valence-electron chi connectivity index (χ1n) is 10.7. The van der Waals surface area contributed by atoms with Crippen molar-refractivity contribution in [2.24, 2.45) is 0 Å². The number of fused-ring (bicyclic) bond motifs is 1. The largest absolute Gasteiger partial charge is 0.492 e. The highest BCUT2D eigenvalue weighted by Crippen LogP contribution is 2.27. The average molecular weight is 493 g/mol. The van der Waals surface area contributed by atoms with Crippen LogP contribution in [0.1, 0.15) is 17.3 Å². The van der Waals surface area contributed by atoms with Crippen molar-refractivity contribution >= 4 is 34.5 Å². The highest BCUT2D eigenvalue weighted by Gasteiger charge is 2.18. The summed E-state index contributed by atoms with van der Waals surface area (Å²) in [5, 5.41) is 0.722. The Kier molecular flexibility index (Phi) is 7.41. The number of halogens is 1. The molecule has 0 atom stereocenters. The van der Waals surface area contributed by atoms with E-state index in [9.17, 15) is 18.8 Å². The number of nitrogens with one attached hydrogen (secondary N) is 2. The van der Waals surface area contributed by atoms with Crippen molar-refractivity contribution < 1.29 is 18.7 Å². The topological polar surface area (TPSA) is 102 Å². The number of rotatable bonds is 7. The third-order valence-electron chi connectivity index (χ3n) is 4.91. The fourth-order valence-corrected chi connectivity index (χ4v) is 4.11. The van der Waals surface area contributed by atoms with Gasteiger partial charge in [0, 0.05) is 5.56 Å². The number of hydrogen-bond acceptors (Lipinski definition) is 6. The van der Waals surface area contributed by atoms with Gasteiger partial charge >= 0.3 is 0 Å². The number of thioether (sulfide) groups is 1. The Morgan fingerprint density at radius 2 is 1.71 bits per heavy atom. The second kappa shape index (κ2) is 10.8. The molecule has 10 heteroatoms. The molecule has 0 aliphatic heterocycles. The van der Waals surface area contributed by atoms with E-state index in [4.69, 9.17) is 4.74 Å². The smallest absolute Gasteiger partial charge is 0.269 e. The van der Waals surface area contributed by atoms with Crippen molar-refractivity contribution in [3.05, 3.63) is 94.5 Å². The summed E-state index contributed by atoms with van der Waals surface area (Å²) in [6.07, 6.45) is 0. The van der Waals surface area contributed by atoms with Crippen LogP contribution in [0, 0.1) is 5.82 Å². The molecule has 0 aliphatic carbocycles. The summed E-state index contributed by atoms with van der Waals surface area (Å²) in [7, 11) is 0. The van der Waals surface area contributed by atoms with Gasteiger partial charge in [-0.05, 0) is 55.5 Å². The number of benzene rings is 3. The molecule has 178 valence electrons. The third kappa shape index (κ3) is 5.49. The van der Waals surface area contributed by atoms with Gasteiger partial charge in [-0.1, -0.05) is 36.0 Å². The first kappa shape index (κ1) is 24.0. The van der Waals surface area contributed by atoms with Crippen molar-refractivity contribution in [3.8, 4) is 11.4 Å². The number of carbonyl (C=O) groups excluding carboxylic acids is 2. The molecule has 1 heterocycles. The highest BCUT2D eigenvalue weighted by atomic mass is 32.2. The van der Waals surface area contributed by atoms with Gasteiger partial charge in [0.2, 0.25) is 5.91 Å². The van der Waals surface area contributed by atoms with Crippen LogP contribution in [-0.4, -0.2) is 33.7 Å². The van der Waals surface area contributed by atoms with Crippen molar-refractivity contribution in [2.75, 3.05) is 12.4 Å². The molecule has 0 saturated carbocycles. The van der Waals surface area contributed by atoms with E-state index in [2.05, 4.69) is 15.8 Å². The van der Waals surface area contributed by atoms with Crippen LogP contribution < -0.4 is 21.1 Å². The van der Waals surface area contributed by atoms with Gasteiger partial charge in [-0.2, -0.15) is 0 Å². The molecule has 0 aliphatic rings. The molecular weight excluding hydrogens is 471 g/mol. The predicted octanol–water partition coefficient (Wildman–Crippen LogP) is 3.48. The number of hydrazine groups is 1. The van der Waals surface area contributed by atoms with Crippen LogP contribution in [0.15, 0.2) is 82.7 Å². The fourth-order valence-electron chi connectivity index (χ4n) is 3.31. The molecule has 4 aromatic rings. The zero-order valence-corrected chi connectivity index (χ0v) is 19.5. The zero-order chi connectivity index (χ0) is 24.8. The van der Waals surface area contributed by atoms with E-state index in [0.717, 1.165) is 23.9 Å². The van der Waals surface area contributed by atoms with E-state index in [1.54, 1.807) is 48.5 Å². The SMILES string of the molecule is CCOc1ccccc1-n1c(SCC(=O)NNC(=O)c2ccc(F)cc2)nc2ccccc2c1=O. The Morgan fingerprint density at radius 3 is 2.49 bits per heavy atom. The lowest BCUT2D eigenvalue weighted by molar-refractivity contribution is -0.119. The predicted molar refractivity (Wildman–Crippen MR) is 131 cm³/mol.